The smallest absolute Gasteiger partial charge is 0.364 e. The van der Waals surface area contributed by atoms with Crippen LogP contribution in [0.25, 0.3) is 0 Å². The Balaban J connectivity index is 3.02. The zero-order chi connectivity index (χ0) is 14.6. The number of nitrogens with zero attached hydrogens (tertiary/aromatic N) is 1. The lowest BCUT2D eigenvalue weighted by molar-refractivity contribution is -0.140. The number of H-pyrrole nitrogens is 1. The van der Waals surface area contributed by atoms with Gasteiger partial charge in [-0.05, 0) is 13.3 Å². The fourth-order valence-electron chi connectivity index (χ4n) is 1.65. The third-order valence-electron chi connectivity index (χ3n) is 2.44. The second-order valence-corrected chi connectivity index (χ2v) is 4.24. The van der Waals surface area contributed by atoms with Gasteiger partial charge < -0.3 is 9.88 Å². The maximum atomic E-state index is 12.4. The van der Waals surface area contributed by atoms with Crippen molar-refractivity contribution in [1.82, 2.24) is 9.88 Å². The lowest BCUT2D eigenvalue weighted by atomic mass is 10.2. The molecule has 19 heavy (non-hydrogen) atoms. The van der Waals surface area contributed by atoms with Crippen molar-refractivity contribution in [2.45, 2.75) is 26.4 Å². The molecule has 7 heteroatoms. The van der Waals surface area contributed by atoms with Crippen molar-refractivity contribution in [2.75, 3.05) is 13.1 Å². The van der Waals surface area contributed by atoms with Crippen LogP contribution >= 0.6 is 0 Å². The minimum Gasteiger partial charge on any atom is -0.364 e. The highest BCUT2D eigenvalue weighted by atomic mass is 19.4. The number of amides is 1. The topological polar surface area (TPSA) is 53.2 Å². The lowest BCUT2D eigenvalue weighted by Crippen LogP contribution is -2.41. The Labute approximate surface area is 108 Å². The number of aromatic amines is 1. The SMILES string of the molecule is CCCN(CC(F)(F)F)C(=O)c1c[nH]c(C)cc1=O. The lowest BCUT2D eigenvalue weighted by Gasteiger charge is -2.23. The van der Waals surface area contributed by atoms with Gasteiger partial charge in [-0.15, -0.1) is 0 Å². The van der Waals surface area contributed by atoms with Gasteiger partial charge >= 0.3 is 6.18 Å². The van der Waals surface area contributed by atoms with Gasteiger partial charge in [0.2, 0.25) is 0 Å². The summed E-state index contributed by atoms with van der Waals surface area (Å²) in [4.78, 5) is 26.8. The molecule has 0 bridgehead atoms. The zero-order valence-electron chi connectivity index (χ0n) is 10.7. The average Bonchev–Trinajstić information content (AvgIpc) is 2.26. The highest BCUT2D eigenvalue weighted by Crippen LogP contribution is 2.17. The van der Waals surface area contributed by atoms with Crippen molar-refractivity contribution in [3.8, 4) is 0 Å². The second-order valence-electron chi connectivity index (χ2n) is 4.24. The van der Waals surface area contributed by atoms with Gasteiger partial charge in [0.15, 0.2) is 5.43 Å². The number of carbonyl (C=O) groups is 1. The van der Waals surface area contributed by atoms with Crippen LogP contribution in [0.15, 0.2) is 17.1 Å². The Morgan fingerprint density at radius 2 is 2.05 bits per heavy atom. The molecule has 1 heterocycles. The third kappa shape index (κ3) is 4.42. The zero-order valence-corrected chi connectivity index (χ0v) is 10.7. The van der Waals surface area contributed by atoms with Crippen LogP contribution in [0.3, 0.4) is 0 Å². The number of aryl methyl sites for hydroxylation is 1. The molecule has 1 aromatic heterocycles. The molecule has 0 unspecified atom stereocenters. The number of nitrogens with one attached hydrogen (secondary N) is 1. The summed E-state index contributed by atoms with van der Waals surface area (Å²) in [7, 11) is 0. The molecule has 0 saturated heterocycles. The minimum absolute atomic E-state index is 0.0499. The highest BCUT2D eigenvalue weighted by Gasteiger charge is 2.33. The summed E-state index contributed by atoms with van der Waals surface area (Å²) in [5.74, 6) is -0.902. The molecule has 0 aromatic carbocycles. The van der Waals surface area contributed by atoms with E-state index in [0.29, 0.717) is 17.0 Å². The van der Waals surface area contributed by atoms with Crippen LogP contribution in [-0.2, 0) is 0 Å². The van der Waals surface area contributed by atoms with Gasteiger partial charge in [0.05, 0.1) is 0 Å². The molecule has 0 aliphatic rings. The van der Waals surface area contributed by atoms with Gasteiger partial charge in [-0.25, -0.2) is 0 Å². The summed E-state index contributed by atoms with van der Waals surface area (Å²) in [5.41, 5.74) is -0.313. The fourth-order valence-corrected chi connectivity index (χ4v) is 1.65. The van der Waals surface area contributed by atoms with E-state index in [1.165, 1.54) is 6.07 Å². The standard InChI is InChI=1S/C12H15F3N2O2/c1-3-4-17(7-12(13,14)15)11(19)9-6-16-8(2)5-10(9)18/h5-6H,3-4,7H2,1-2H3,(H,16,18). The van der Waals surface area contributed by atoms with E-state index >= 15 is 0 Å². The normalized spacial score (nSPS) is 11.4. The molecule has 106 valence electrons. The van der Waals surface area contributed by atoms with Crippen molar-refractivity contribution in [2.24, 2.45) is 0 Å². The molecular formula is C12H15F3N2O2. The first-order chi connectivity index (χ1) is 8.74. The Kier molecular flexibility index (Phi) is 4.74. The fraction of sp³-hybridized carbons (Fsp3) is 0.500. The molecule has 1 amide bonds. The van der Waals surface area contributed by atoms with Crippen LogP contribution < -0.4 is 5.43 Å². The predicted molar refractivity (Wildman–Crippen MR) is 64.0 cm³/mol. The number of hydrogen-bond donors (Lipinski definition) is 1. The van der Waals surface area contributed by atoms with Crippen molar-refractivity contribution in [1.29, 1.82) is 0 Å². The van der Waals surface area contributed by atoms with Crippen molar-refractivity contribution in [3.05, 3.63) is 33.7 Å². The van der Waals surface area contributed by atoms with E-state index in [1.807, 2.05) is 0 Å². The molecule has 0 aliphatic heterocycles. The molecular weight excluding hydrogens is 261 g/mol. The maximum absolute atomic E-state index is 12.4. The molecule has 1 rings (SSSR count). The van der Waals surface area contributed by atoms with Crippen LogP contribution in [0.2, 0.25) is 0 Å². The average molecular weight is 276 g/mol. The summed E-state index contributed by atoms with van der Waals surface area (Å²) in [5, 5.41) is 0. The van der Waals surface area contributed by atoms with E-state index in [-0.39, 0.29) is 12.1 Å². The van der Waals surface area contributed by atoms with Gasteiger partial charge in [0, 0.05) is 24.5 Å². The number of hydrogen-bond acceptors (Lipinski definition) is 2. The van der Waals surface area contributed by atoms with Gasteiger partial charge in [0.25, 0.3) is 5.91 Å². The second kappa shape index (κ2) is 5.90. The predicted octanol–water partition coefficient (Wildman–Crippen LogP) is 2.10. The molecule has 0 fully saturated rings. The monoisotopic (exact) mass is 276 g/mol. The van der Waals surface area contributed by atoms with Crippen LogP contribution in [-0.4, -0.2) is 35.1 Å². The van der Waals surface area contributed by atoms with Gasteiger partial charge in [-0.1, -0.05) is 6.92 Å². The molecule has 1 aromatic rings. The molecule has 0 aliphatic carbocycles. The van der Waals surface area contributed by atoms with Gasteiger partial charge in [-0.2, -0.15) is 13.2 Å². The van der Waals surface area contributed by atoms with Crippen molar-refractivity contribution >= 4 is 5.91 Å². The van der Waals surface area contributed by atoms with Crippen LogP contribution in [0.1, 0.15) is 29.4 Å². The van der Waals surface area contributed by atoms with E-state index < -0.39 is 24.1 Å². The Morgan fingerprint density at radius 1 is 1.42 bits per heavy atom. The molecule has 0 saturated carbocycles. The van der Waals surface area contributed by atoms with Crippen LogP contribution in [0.4, 0.5) is 13.2 Å². The third-order valence-corrected chi connectivity index (χ3v) is 2.44. The van der Waals surface area contributed by atoms with Crippen molar-refractivity contribution < 1.29 is 18.0 Å². The number of halogens is 3. The van der Waals surface area contributed by atoms with Gasteiger partial charge in [0.1, 0.15) is 12.1 Å². The quantitative estimate of drug-likeness (QED) is 0.915. The Bertz CT molecular complexity index is 508. The summed E-state index contributed by atoms with van der Waals surface area (Å²) in [6, 6.07) is 1.19. The molecule has 1 N–H and O–H groups in total. The van der Waals surface area contributed by atoms with E-state index in [2.05, 4.69) is 4.98 Å². The summed E-state index contributed by atoms with van der Waals surface area (Å²) < 4.78 is 37.2. The molecule has 0 atom stereocenters. The number of rotatable bonds is 4. The summed E-state index contributed by atoms with van der Waals surface area (Å²) >= 11 is 0. The van der Waals surface area contributed by atoms with Gasteiger partial charge in [-0.3, -0.25) is 9.59 Å². The van der Waals surface area contributed by atoms with E-state index in [9.17, 15) is 22.8 Å². The Morgan fingerprint density at radius 3 is 2.53 bits per heavy atom. The number of carbonyl (C=O) groups excluding carboxylic acids is 1. The minimum atomic E-state index is -4.48. The molecule has 4 nitrogen and oxygen atoms in total. The number of pyridine rings is 1. The van der Waals surface area contributed by atoms with E-state index in [4.69, 9.17) is 0 Å². The van der Waals surface area contributed by atoms with Crippen molar-refractivity contribution in [3.63, 3.8) is 0 Å². The highest BCUT2D eigenvalue weighted by molar-refractivity contribution is 5.93. The van der Waals surface area contributed by atoms with E-state index in [0.717, 1.165) is 6.20 Å². The first-order valence-corrected chi connectivity index (χ1v) is 5.80. The number of aromatic nitrogens is 1. The van der Waals surface area contributed by atoms with Crippen LogP contribution in [0, 0.1) is 6.92 Å². The number of alkyl halides is 3. The van der Waals surface area contributed by atoms with E-state index in [1.54, 1.807) is 13.8 Å². The molecule has 0 radical (unpaired) electrons. The first kappa shape index (κ1) is 15.3. The first-order valence-electron chi connectivity index (χ1n) is 5.80. The summed E-state index contributed by atoms with van der Waals surface area (Å²) in [6.07, 6.45) is -2.95. The molecule has 0 spiro atoms. The Hall–Kier alpha value is -1.79. The largest absolute Gasteiger partial charge is 0.406 e. The summed E-state index contributed by atoms with van der Waals surface area (Å²) in [6.45, 7) is 1.88. The maximum Gasteiger partial charge on any atom is 0.406 e. The van der Waals surface area contributed by atoms with Crippen LogP contribution in [0.5, 0.6) is 0 Å².